The first-order valence-electron chi connectivity index (χ1n) is 25.8. The Bertz CT molecular complexity index is 821. The molecule has 0 aromatic rings. The molecular formula is C51H101NO5. The second-order valence-electron chi connectivity index (χ2n) is 17.9. The molecule has 3 atom stereocenters. The van der Waals surface area contributed by atoms with E-state index < -0.39 is 18.2 Å². The molecule has 340 valence electrons. The number of aliphatic hydroxyl groups is 2. The number of rotatable bonds is 47. The van der Waals surface area contributed by atoms with E-state index in [-0.39, 0.29) is 24.9 Å². The lowest BCUT2D eigenvalue weighted by atomic mass is 10.0. The molecule has 57 heavy (non-hydrogen) atoms. The van der Waals surface area contributed by atoms with E-state index in [2.05, 4.69) is 26.1 Å². The first kappa shape index (κ1) is 55.9. The molecule has 0 aliphatic rings. The lowest BCUT2D eigenvalue weighted by Crippen LogP contribution is -2.46. The van der Waals surface area contributed by atoms with Crippen LogP contribution in [-0.2, 0) is 14.3 Å². The fourth-order valence-electron chi connectivity index (χ4n) is 8.26. The van der Waals surface area contributed by atoms with E-state index in [4.69, 9.17) is 4.74 Å². The van der Waals surface area contributed by atoms with Crippen molar-refractivity contribution in [2.45, 2.75) is 309 Å². The van der Waals surface area contributed by atoms with Crippen molar-refractivity contribution >= 4 is 11.9 Å². The average molecular weight is 808 g/mol. The Kier molecular flexibility index (Phi) is 45.0. The molecule has 0 saturated carbocycles. The van der Waals surface area contributed by atoms with Crippen molar-refractivity contribution in [2.24, 2.45) is 0 Å². The Hall–Kier alpha value is -1.14. The van der Waals surface area contributed by atoms with Crippen molar-refractivity contribution in [3.63, 3.8) is 0 Å². The monoisotopic (exact) mass is 808 g/mol. The van der Waals surface area contributed by atoms with Crippen molar-refractivity contribution in [1.82, 2.24) is 5.32 Å². The molecule has 0 aromatic carbocycles. The second-order valence-corrected chi connectivity index (χ2v) is 17.9. The van der Waals surface area contributed by atoms with Crippen molar-refractivity contribution in [3.05, 3.63) is 0 Å². The van der Waals surface area contributed by atoms with Crippen LogP contribution in [0, 0.1) is 0 Å². The lowest BCUT2D eigenvalue weighted by molar-refractivity contribution is -0.151. The fourth-order valence-corrected chi connectivity index (χ4v) is 8.26. The summed E-state index contributed by atoms with van der Waals surface area (Å²) in [4.78, 5) is 26.1. The van der Waals surface area contributed by atoms with Gasteiger partial charge >= 0.3 is 5.97 Å². The van der Waals surface area contributed by atoms with Crippen LogP contribution < -0.4 is 5.32 Å². The summed E-state index contributed by atoms with van der Waals surface area (Å²) in [6.45, 7) is 6.50. The van der Waals surface area contributed by atoms with E-state index in [1.165, 1.54) is 199 Å². The third-order valence-electron chi connectivity index (χ3n) is 12.2. The minimum Gasteiger partial charge on any atom is -0.462 e. The van der Waals surface area contributed by atoms with Crippen LogP contribution in [0.4, 0.5) is 0 Å². The fraction of sp³-hybridized carbons (Fsp3) is 0.961. The Balaban J connectivity index is 4.50. The van der Waals surface area contributed by atoms with Crippen LogP contribution in [0.5, 0.6) is 0 Å². The topological polar surface area (TPSA) is 95.9 Å². The van der Waals surface area contributed by atoms with Crippen molar-refractivity contribution in [3.8, 4) is 0 Å². The van der Waals surface area contributed by atoms with Gasteiger partial charge in [0.2, 0.25) is 5.91 Å². The molecule has 6 heteroatoms. The molecule has 1 amide bonds. The average Bonchev–Trinajstić information content (AvgIpc) is 3.20. The molecule has 0 rings (SSSR count). The summed E-state index contributed by atoms with van der Waals surface area (Å²) in [5, 5.41) is 23.7. The maximum Gasteiger partial charge on any atom is 0.306 e. The summed E-state index contributed by atoms with van der Waals surface area (Å²) in [5.74, 6) is -0.453. The molecule has 0 aromatic heterocycles. The molecule has 0 bridgehead atoms. The lowest BCUT2D eigenvalue weighted by Gasteiger charge is -2.24. The van der Waals surface area contributed by atoms with E-state index in [0.29, 0.717) is 19.3 Å². The number of hydrogen-bond donors (Lipinski definition) is 3. The summed E-state index contributed by atoms with van der Waals surface area (Å²) in [6.07, 6.45) is 48.8. The highest BCUT2D eigenvalue weighted by Crippen LogP contribution is 2.19. The van der Waals surface area contributed by atoms with Gasteiger partial charge in [0.15, 0.2) is 0 Å². The molecule has 0 spiro atoms. The number of carbonyl (C=O) groups is 2. The minimum absolute atomic E-state index is 0.0876. The van der Waals surface area contributed by atoms with Crippen LogP contribution >= 0.6 is 0 Å². The van der Waals surface area contributed by atoms with Gasteiger partial charge in [-0.3, -0.25) is 9.59 Å². The summed E-state index contributed by atoms with van der Waals surface area (Å²) >= 11 is 0. The van der Waals surface area contributed by atoms with Gasteiger partial charge in [0.05, 0.1) is 25.2 Å². The van der Waals surface area contributed by atoms with Crippen molar-refractivity contribution in [1.29, 1.82) is 0 Å². The Labute approximate surface area is 356 Å². The normalized spacial score (nSPS) is 13.1. The van der Waals surface area contributed by atoms with Crippen LogP contribution in [-0.4, -0.2) is 46.9 Å². The van der Waals surface area contributed by atoms with Crippen LogP contribution in [0.3, 0.4) is 0 Å². The highest BCUT2D eigenvalue weighted by Gasteiger charge is 2.24. The molecule has 6 nitrogen and oxygen atoms in total. The van der Waals surface area contributed by atoms with Crippen molar-refractivity contribution in [2.75, 3.05) is 6.61 Å². The Morgan fingerprint density at radius 2 is 0.737 bits per heavy atom. The second kappa shape index (κ2) is 45.9. The number of esters is 1. The predicted molar refractivity (Wildman–Crippen MR) is 246 cm³/mol. The van der Waals surface area contributed by atoms with Crippen molar-refractivity contribution < 1.29 is 24.5 Å². The number of aliphatic hydroxyl groups excluding tert-OH is 2. The van der Waals surface area contributed by atoms with Gasteiger partial charge in [-0.05, 0) is 25.7 Å². The maximum atomic E-state index is 13.2. The number of ether oxygens (including phenoxy) is 1. The van der Waals surface area contributed by atoms with Crippen LogP contribution in [0.15, 0.2) is 0 Å². The van der Waals surface area contributed by atoms with Gasteiger partial charge in [-0.2, -0.15) is 0 Å². The summed E-state index contributed by atoms with van der Waals surface area (Å²) < 4.78 is 5.93. The van der Waals surface area contributed by atoms with Gasteiger partial charge < -0.3 is 20.3 Å². The summed E-state index contributed by atoms with van der Waals surface area (Å²) in [6, 6.07) is -0.691. The Morgan fingerprint density at radius 1 is 0.439 bits per heavy atom. The number of unbranched alkanes of at least 4 members (excludes halogenated alkanes) is 35. The zero-order chi connectivity index (χ0) is 41.7. The third-order valence-corrected chi connectivity index (χ3v) is 12.2. The molecule has 3 N–H and O–H groups in total. The first-order valence-corrected chi connectivity index (χ1v) is 25.8. The molecule has 0 aliphatic carbocycles. The van der Waals surface area contributed by atoms with E-state index >= 15 is 0 Å². The molecule has 0 fully saturated rings. The number of hydrogen-bond acceptors (Lipinski definition) is 5. The maximum absolute atomic E-state index is 13.2. The van der Waals surface area contributed by atoms with Crippen LogP contribution in [0.2, 0.25) is 0 Å². The van der Waals surface area contributed by atoms with E-state index in [1.807, 2.05) is 0 Å². The molecule has 0 heterocycles. The summed E-state index contributed by atoms with van der Waals surface area (Å²) in [5.41, 5.74) is 0. The van der Waals surface area contributed by atoms with E-state index in [1.54, 1.807) is 0 Å². The molecule has 0 saturated heterocycles. The SMILES string of the molecule is CCCCCCCCCCCCCCCCCCC(CC(=O)NC(CO)C(O)CCCCCCCCCCCCCC)OC(=O)CCCCCCCCCCCC. The van der Waals surface area contributed by atoms with Gasteiger partial charge in [0.25, 0.3) is 0 Å². The standard InChI is InChI=1S/C51H101NO5/c1-4-7-10-13-16-19-22-24-25-26-27-28-30-33-36-39-42-47(57-51(56)44-41-38-35-32-21-18-15-12-9-6-3)45-50(55)52-48(46-53)49(54)43-40-37-34-31-29-23-20-17-14-11-8-5-2/h47-49,53-54H,4-46H2,1-3H3,(H,52,55). The van der Waals surface area contributed by atoms with Gasteiger partial charge in [-0.1, -0.05) is 252 Å². The number of carbonyl (C=O) groups excluding carboxylic acids is 2. The van der Waals surface area contributed by atoms with Crippen LogP contribution in [0.25, 0.3) is 0 Å². The minimum atomic E-state index is -0.778. The van der Waals surface area contributed by atoms with Gasteiger partial charge in [0.1, 0.15) is 6.10 Å². The number of nitrogens with one attached hydrogen (secondary N) is 1. The predicted octanol–water partition coefficient (Wildman–Crippen LogP) is 15.2. The van der Waals surface area contributed by atoms with Crippen LogP contribution in [0.1, 0.15) is 290 Å². The van der Waals surface area contributed by atoms with Gasteiger partial charge in [-0.15, -0.1) is 0 Å². The smallest absolute Gasteiger partial charge is 0.306 e. The molecular weight excluding hydrogens is 707 g/mol. The Morgan fingerprint density at radius 3 is 1.07 bits per heavy atom. The van der Waals surface area contributed by atoms with Gasteiger partial charge in [-0.25, -0.2) is 0 Å². The zero-order valence-electron chi connectivity index (χ0n) is 38.8. The quantitative estimate of drug-likeness (QED) is 0.0420. The third kappa shape index (κ3) is 41.4. The highest BCUT2D eigenvalue weighted by molar-refractivity contribution is 5.77. The highest BCUT2D eigenvalue weighted by atomic mass is 16.5. The van der Waals surface area contributed by atoms with E-state index in [9.17, 15) is 19.8 Å². The molecule has 0 radical (unpaired) electrons. The van der Waals surface area contributed by atoms with E-state index in [0.717, 1.165) is 44.9 Å². The largest absolute Gasteiger partial charge is 0.462 e. The molecule has 0 aliphatic heterocycles. The molecule has 3 unspecified atom stereocenters. The van der Waals surface area contributed by atoms with Gasteiger partial charge in [0, 0.05) is 6.42 Å². The zero-order valence-corrected chi connectivity index (χ0v) is 38.8. The number of amides is 1. The first-order chi connectivity index (χ1) is 28.0. The summed E-state index contributed by atoms with van der Waals surface area (Å²) in [7, 11) is 0.